The summed E-state index contributed by atoms with van der Waals surface area (Å²) in [6, 6.07) is 17.2. The molecular formula is C22H21NO4S. The molecular weight excluding hydrogens is 374 g/mol. The Bertz CT molecular complexity index is 919. The molecule has 28 heavy (non-hydrogen) atoms. The zero-order valence-corrected chi connectivity index (χ0v) is 16.2. The van der Waals surface area contributed by atoms with E-state index in [9.17, 15) is 4.79 Å². The van der Waals surface area contributed by atoms with Crippen LogP contribution in [-0.4, -0.2) is 29.4 Å². The first-order valence-corrected chi connectivity index (χ1v) is 10.3. The van der Waals surface area contributed by atoms with Crippen molar-refractivity contribution in [3.05, 3.63) is 72.2 Å². The van der Waals surface area contributed by atoms with E-state index in [1.807, 2.05) is 48.5 Å². The number of thioether (sulfide) groups is 1. The van der Waals surface area contributed by atoms with Crippen LogP contribution in [0.1, 0.15) is 29.1 Å². The lowest BCUT2D eigenvalue weighted by molar-refractivity contribution is 0.0434. The van der Waals surface area contributed by atoms with Gasteiger partial charge in [0.05, 0.1) is 17.9 Å². The highest BCUT2D eigenvalue weighted by atomic mass is 32.2. The quantitative estimate of drug-likeness (QED) is 0.416. The Morgan fingerprint density at radius 1 is 1.14 bits per heavy atom. The predicted octanol–water partition coefficient (Wildman–Crippen LogP) is 4.97. The maximum Gasteiger partial charge on any atom is 0.339 e. The normalized spacial score (nSPS) is 16.2. The second-order valence-electron chi connectivity index (χ2n) is 6.50. The third kappa shape index (κ3) is 4.64. The van der Waals surface area contributed by atoms with Crippen molar-refractivity contribution in [3.8, 4) is 11.3 Å². The number of hydrogen-bond acceptors (Lipinski definition) is 6. The molecule has 0 spiro atoms. The molecule has 1 saturated heterocycles. The fraction of sp³-hybridized carbons (Fsp3) is 0.273. The lowest BCUT2D eigenvalue weighted by atomic mass is 10.2. The van der Waals surface area contributed by atoms with Gasteiger partial charge in [0.25, 0.3) is 0 Å². The van der Waals surface area contributed by atoms with Gasteiger partial charge in [0.1, 0.15) is 0 Å². The highest BCUT2D eigenvalue weighted by Crippen LogP contribution is 2.27. The van der Waals surface area contributed by atoms with Gasteiger partial charge >= 0.3 is 5.97 Å². The molecule has 0 saturated carbocycles. The maximum absolute atomic E-state index is 12.6. The summed E-state index contributed by atoms with van der Waals surface area (Å²) in [6.07, 6.45) is 4.09. The molecule has 0 bridgehead atoms. The Morgan fingerprint density at radius 3 is 2.79 bits per heavy atom. The first kappa shape index (κ1) is 18.8. The molecule has 0 N–H and O–H groups in total. The van der Waals surface area contributed by atoms with Gasteiger partial charge in [-0.1, -0.05) is 42.5 Å². The van der Waals surface area contributed by atoms with Crippen LogP contribution in [0.3, 0.4) is 0 Å². The molecule has 2 heterocycles. The monoisotopic (exact) mass is 395 g/mol. The summed E-state index contributed by atoms with van der Waals surface area (Å²) < 4.78 is 16.8. The van der Waals surface area contributed by atoms with Gasteiger partial charge in [-0.25, -0.2) is 9.78 Å². The zero-order chi connectivity index (χ0) is 19.2. The number of carbonyl (C=O) groups is 1. The molecule has 0 radical (unpaired) electrons. The number of carbonyl (C=O) groups excluding carboxylic acids is 1. The molecule has 1 aliphatic heterocycles. The predicted molar refractivity (Wildman–Crippen MR) is 107 cm³/mol. The van der Waals surface area contributed by atoms with E-state index in [4.69, 9.17) is 13.9 Å². The summed E-state index contributed by atoms with van der Waals surface area (Å²) in [5.74, 6) is 1.48. The Hall–Kier alpha value is -2.57. The van der Waals surface area contributed by atoms with E-state index in [1.54, 1.807) is 24.0 Å². The molecule has 5 nitrogen and oxygen atoms in total. The van der Waals surface area contributed by atoms with Crippen LogP contribution in [0.5, 0.6) is 0 Å². The van der Waals surface area contributed by atoms with Crippen molar-refractivity contribution < 1.29 is 18.7 Å². The van der Waals surface area contributed by atoms with Crippen molar-refractivity contribution >= 4 is 17.7 Å². The van der Waals surface area contributed by atoms with Gasteiger partial charge in [0.15, 0.2) is 12.4 Å². The van der Waals surface area contributed by atoms with E-state index in [2.05, 4.69) is 4.98 Å². The number of aromatic nitrogens is 1. The second kappa shape index (κ2) is 9.08. The number of benzene rings is 2. The Labute approximate surface area is 168 Å². The lowest BCUT2D eigenvalue weighted by Gasteiger charge is -2.11. The van der Waals surface area contributed by atoms with Crippen LogP contribution in [-0.2, 0) is 16.1 Å². The zero-order valence-electron chi connectivity index (χ0n) is 15.4. The van der Waals surface area contributed by atoms with Crippen LogP contribution < -0.4 is 0 Å². The number of rotatable bonds is 7. The Kier molecular flexibility index (Phi) is 6.09. The molecule has 1 aliphatic rings. The third-order valence-corrected chi connectivity index (χ3v) is 5.70. The van der Waals surface area contributed by atoms with Crippen LogP contribution in [0.2, 0.25) is 0 Å². The molecule has 3 aromatic rings. The Balaban J connectivity index is 1.37. The van der Waals surface area contributed by atoms with Crippen molar-refractivity contribution in [2.45, 2.75) is 30.4 Å². The van der Waals surface area contributed by atoms with Crippen LogP contribution >= 0.6 is 11.8 Å². The van der Waals surface area contributed by atoms with Crippen molar-refractivity contribution in [2.24, 2.45) is 0 Å². The molecule has 1 atom stereocenters. The van der Waals surface area contributed by atoms with Crippen LogP contribution in [0.25, 0.3) is 11.3 Å². The molecule has 1 aromatic heterocycles. The van der Waals surface area contributed by atoms with E-state index >= 15 is 0 Å². The summed E-state index contributed by atoms with van der Waals surface area (Å²) in [4.78, 5) is 17.7. The van der Waals surface area contributed by atoms with Gasteiger partial charge in [-0.3, -0.25) is 0 Å². The van der Waals surface area contributed by atoms with Gasteiger partial charge in [-0.15, -0.1) is 11.8 Å². The first-order valence-electron chi connectivity index (χ1n) is 9.30. The standard InChI is InChI=1S/C22H21NO4S/c24-22(18-10-4-5-11-20(18)28-15-17-9-6-12-25-17)26-14-21-23-13-19(27-21)16-7-2-1-3-8-16/h1-5,7-8,10-11,13,17H,6,9,12,14-15H2/t17-/m0/s1. The minimum absolute atomic E-state index is 0.00357. The number of ether oxygens (including phenoxy) is 2. The molecule has 1 fully saturated rings. The SMILES string of the molecule is O=C(OCc1ncc(-c2ccccc2)o1)c1ccccc1SC[C@@H]1CCCO1. The highest BCUT2D eigenvalue weighted by molar-refractivity contribution is 7.99. The van der Waals surface area contributed by atoms with E-state index in [0.717, 1.165) is 35.7 Å². The van der Waals surface area contributed by atoms with Gasteiger partial charge in [-0.05, 0) is 25.0 Å². The summed E-state index contributed by atoms with van der Waals surface area (Å²) in [6.45, 7) is 0.826. The fourth-order valence-electron chi connectivity index (χ4n) is 3.04. The van der Waals surface area contributed by atoms with Crippen molar-refractivity contribution in [1.82, 2.24) is 4.98 Å². The van der Waals surface area contributed by atoms with Crippen molar-refractivity contribution in [2.75, 3.05) is 12.4 Å². The third-order valence-electron chi connectivity index (χ3n) is 4.49. The van der Waals surface area contributed by atoms with Crippen molar-refractivity contribution in [3.63, 3.8) is 0 Å². The van der Waals surface area contributed by atoms with Crippen LogP contribution in [0.4, 0.5) is 0 Å². The van der Waals surface area contributed by atoms with Gasteiger partial charge in [-0.2, -0.15) is 0 Å². The van der Waals surface area contributed by atoms with Crippen molar-refractivity contribution in [1.29, 1.82) is 0 Å². The van der Waals surface area contributed by atoms with Gasteiger partial charge in [0, 0.05) is 22.8 Å². The number of nitrogens with zero attached hydrogens (tertiary/aromatic N) is 1. The van der Waals surface area contributed by atoms with E-state index in [-0.39, 0.29) is 18.7 Å². The maximum atomic E-state index is 12.6. The fourth-order valence-corrected chi connectivity index (χ4v) is 4.15. The number of hydrogen-bond donors (Lipinski definition) is 0. The summed E-state index contributed by atoms with van der Waals surface area (Å²) in [5.41, 5.74) is 1.49. The topological polar surface area (TPSA) is 61.6 Å². The highest BCUT2D eigenvalue weighted by Gasteiger charge is 2.19. The minimum atomic E-state index is -0.380. The Morgan fingerprint density at radius 2 is 1.96 bits per heavy atom. The largest absolute Gasteiger partial charge is 0.452 e. The smallest absolute Gasteiger partial charge is 0.339 e. The van der Waals surface area contributed by atoms with Crippen LogP contribution in [0, 0.1) is 0 Å². The van der Waals surface area contributed by atoms with E-state index in [0.29, 0.717) is 17.2 Å². The van der Waals surface area contributed by atoms with Gasteiger partial charge < -0.3 is 13.9 Å². The lowest BCUT2D eigenvalue weighted by Crippen LogP contribution is -2.10. The number of esters is 1. The van der Waals surface area contributed by atoms with E-state index in [1.165, 1.54) is 0 Å². The molecule has 0 amide bonds. The average molecular weight is 395 g/mol. The van der Waals surface area contributed by atoms with Crippen LogP contribution in [0.15, 0.2) is 70.1 Å². The molecule has 4 rings (SSSR count). The second-order valence-corrected chi connectivity index (χ2v) is 7.56. The molecule has 0 aliphatic carbocycles. The summed E-state index contributed by atoms with van der Waals surface area (Å²) in [7, 11) is 0. The summed E-state index contributed by atoms with van der Waals surface area (Å²) >= 11 is 1.63. The number of oxazole rings is 1. The van der Waals surface area contributed by atoms with E-state index < -0.39 is 0 Å². The average Bonchev–Trinajstić information content (AvgIpc) is 3.43. The molecule has 144 valence electrons. The van der Waals surface area contributed by atoms with Gasteiger partial charge in [0.2, 0.25) is 5.89 Å². The minimum Gasteiger partial charge on any atom is -0.452 e. The molecule has 2 aromatic carbocycles. The summed E-state index contributed by atoms with van der Waals surface area (Å²) in [5, 5.41) is 0. The molecule has 6 heteroatoms. The first-order chi connectivity index (χ1) is 13.8. The molecule has 0 unspecified atom stereocenters.